The molecule has 2 aliphatic heterocycles. The third-order valence-electron chi connectivity index (χ3n) is 5.05. The third-order valence-corrected chi connectivity index (χ3v) is 5.05. The fraction of sp³-hybridized carbons (Fsp3) is 0.632. The van der Waals surface area contributed by atoms with Crippen molar-refractivity contribution in [1.29, 1.82) is 0 Å². The number of amides is 1. The number of nitrogens with zero attached hydrogens (tertiary/aromatic N) is 2. The first-order valence-corrected chi connectivity index (χ1v) is 9.11. The summed E-state index contributed by atoms with van der Waals surface area (Å²) >= 11 is 0. The number of hydrogen-bond acceptors (Lipinski definition) is 3. The van der Waals surface area contributed by atoms with E-state index < -0.39 is 0 Å². The molecule has 2 heterocycles. The Morgan fingerprint density at radius 1 is 1.25 bits per heavy atom. The quantitative estimate of drug-likeness (QED) is 0.802. The number of rotatable bonds is 6. The van der Waals surface area contributed by atoms with Gasteiger partial charge >= 0.3 is 0 Å². The molecule has 0 N–H and O–H groups in total. The van der Waals surface area contributed by atoms with Crippen molar-refractivity contribution >= 4 is 5.91 Å². The maximum atomic E-state index is 13.7. The van der Waals surface area contributed by atoms with Gasteiger partial charge in [0, 0.05) is 32.6 Å². The molecular formula is C19H27FN2O2. The lowest BCUT2D eigenvalue weighted by Gasteiger charge is -2.33. The molecule has 1 aromatic carbocycles. The fourth-order valence-corrected chi connectivity index (χ4v) is 3.64. The van der Waals surface area contributed by atoms with Crippen molar-refractivity contribution < 1.29 is 14.0 Å². The number of benzene rings is 1. The highest BCUT2D eigenvalue weighted by Crippen LogP contribution is 2.23. The molecule has 24 heavy (non-hydrogen) atoms. The van der Waals surface area contributed by atoms with Gasteiger partial charge in [0.1, 0.15) is 5.82 Å². The zero-order chi connectivity index (χ0) is 16.8. The highest BCUT2D eigenvalue weighted by molar-refractivity contribution is 5.76. The number of likely N-dealkylation sites (tertiary alicyclic amines) is 1. The number of hydrogen-bond donors (Lipinski definition) is 0. The predicted octanol–water partition coefficient (Wildman–Crippen LogP) is 3.02. The lowest BCUT2D eigenvalue weighted by atomic mass is 9.91. The van der Waals surface area contributed by atoms with E-state index in [2.05, 4.69) is 0 Å². The van der Waals surface area contributed by atoms with Crippen LogP contribution in [-0.2, 0) is 16.1 Å². The Kier molecular flexibility index (Phi) is 6.21. The van der Waals surface area contributed by atoms with Gasteiger partial charge in [-0.3, -0.25) is 9.63 Å². The first-order valence-electron chi connectivity index (χ1n) is 9.11. The summed E-state index contributed by atoms with van der Waals surface area (Å²) in [6, 6.07) is 6.99. The summed E-state index contributed by atoms with van der Waals surface area (Å²) < 4.78 is 13.7. The number of aryl methyl sites for hydroxylation is 1. The minimum Gasteiger partial charge on any atom is -0.342 e. The highest BCUT2D eigenvalue weighted by atomic mass is 19.1. The van der Waals surface area contributed by atoms with E-state index >= 15 is 0 Å². The van der Waals surface area contributed by atoms with Gasteiger partial charge in [-0.1, -0.05) is 18.2 Å². The molecule has 1 aromatic rings. The van der Waals surface area contributed by atoms with Crippen molar-refractivity contribution in [2.75, 3.05) is 32.8 Å². The maximum Gasteiger partial charge on any atom is 0.223 e. The van der Waals surface area contributed by atoms with Crippen LogP contribution in [0, 0.1) is 11.7 Å². The molecule has 1 atom stereocenters. The maximum absolute atomic E-state index is 13.7. The topological polar surface area (TPSA) is 32.8 Å². The summed E-state index contributed by atoms with van der Waals surface area (Å²) in [4.78, 5) is 19.8. The molecule has 0 unspecified atom stereocenters. The van der Waals surface area contributed by atoms with E-state index in [1.54, 1.807) is 6.07 Å². The van der Waals surface area contributed by atoms with Crippen LogP contribution >= 0.6 is 0 Å². The van der Waals surface area contributed by atoms with Crippen LogP contribution in [0.4, 0.5) is 4.39 Å². The van der Waals surface area contributed by atoms with Gasteiger partial charge in [-0.25, -0.2) is 4.39 Å². The predicted molar refractivity (Wildman–Crippen MR) is 90.8 cm³/mol. The minimum atomic E-state index is -0.119. The van der Waals surface area contributed by atoms with E-state index in [4.69, 9.17) is 4.84 Å². The Hall–Kier alpha value is -1.46. The van der Waals surface area contributed by atoms with Crippen LogP contribution in [0.1, 0.15) is 37.7 Å². The molecule has 0 aromatic heterocycles. The molecule has 4 nitrogen and oxygen atoms in total. The van der Waals surface area contributed by atoms with E-state index in [1.165, 1.54) is 6.07 Å². The fourth-order valence-electron chi connectivity index (χ4n) is 3.64. The zero-order valence-corrected chi connectivity index (χ0v) is 14.3. The Morgan fingerprint density at radius 2 is 2.12 bits per heavy atom. The van der Waals surface area contributed by atoms with Crippen LogP contribution in [0.2, 0.25) is 0 Å². The van der Waals surface area contributed by atoms with Gasteiger partial charge in [-0.05, 0) is 49.7 Å². The van der Waals surface area contributed by atoms with E-state index in [0.29, 0.717) is 18.9 Å². The molecule has 1 amide bonds. The van der Waals surface area contributed by atoms with Gasteiger partial charge < -0.3 is 4.90 Å². The first-order chi connectivity index (χ1) is 11.7. The molecule has 132 valence electrons. The van der Waals surface area contributed by atoms with Gasteiger partial charge in [-0.2, -0.15) is 5.06 Å². The lowest BCUT2D eigenvalue weighted by Crippen LogP contribution is -2.41. The van der Waals surface area contributed by atoms with Gasteiger partial charge in [0.25, 0.3) is 0 Å². The molecule has 2 fully saturated rings. The van der Waals surface area contributed by atoms with Crippen molar-refractivity contribution in [1.82, 2.24) is 9.96 Å². The minimum absolute atomic E-state index is 0.119. The van der Waals surface area contributed by atoms with Gasteiger partial charge in [0.05, 0.1) is 6.61 Å². The Bertz CT molecular complexity index is 546. The number of carbonyl (C=O) groups is 1. The van der Waals surface area contributed by atoms with Gasteiger partial charge in [0.2, 0.25) is 5.91 Å². The summed E-state index contributed by atoms with van der Waals surface area (Å²) in [5.74, 6) is 0.582. The van der Waals surface area contributed by atoms with Crippen molar-refractivity contribution in [2.45, 2.75) is 38.5 Å². The van der Waals surface area contributed by atoms with Gasteiger partial charge in [-0.15, -0.1) is 0 Å². The normalized spacial score (nSPS) is 22.0. The summed E-state index contributed by atoms with van der Waals surface area (Å²) in [6.45, 7) is 4.06. The van der Waals surface area contributed by atoms with Crippen LogP contribution in [-0.4, -0.2) is 48.7 Å². The largest absolute Gasteiger partial charge is 0.342 e. The van der Waals surface area contributed by atoms with Crippen molar-refractivity contribution in [2.24, 2.45) is 5.92 Å². The van der Waals surface area contributed by atoms with Crippen LogP contribution < -0.4 is 0 Å². The SMILES string of the molecule is O=C(CCN1CCCO1)N1CCC[C@@H](CCc2ccccc2F)C1. The molecule has 0 aliphatic carbocycles. The summed E-state index contributed by atoms with van der Waals surface area (Å²) in [5.41, 5.74) is 0.784. The van der Waals surface area contributed by atoms with E-state index in [1.807, 2.05) is 22.1 Å². The number of hydroxylamine groups is 2. The van der Waals surface area contributed by atoms with E-state index in [0.717, 1.165) is 63.9 Å². The summed E-state index contributed by atoms with van der Waals surface area (Å²) in [5, 5.41) is 1.90. The summed E-state index contributed by atoms with van der Waals surface area (Å²) in [6.07, 6.45) is 5.46. The van der Waals surface area contributed by atoms with Crippen molar-refractivity contribution in [3.8, 4) is 0 Å². The smallest absolute Gasteiger partial charge is 0.223 e. The zero-order valence-electron chi connectivity index (χ0n) is 14.3. The molecule has 0 radical (unpaired) electrons. The second kappa shape index (κ2) is 8.58. The summed E-state index contributed by atoms with van der Waals surface area (Å²) in [7, 11) is 0. The van der Waals surface area contributed by atoms with Crippen LogP contribution in [0.5, 0.6) is 0 Å². The van der Waals surface area contributed by atoms with E-state index in [-0.39, 0.29) is 11.7 Å². The molecule has 0 spiro atoms. The van der Waals surface area contributed by atoms with Crippen LogP contribution in [0.15, 0.2) is 24.3 Å². The van der Waals surface area contributed by atoms with Gasteiger partial charge in [0.15, 0.2) is 0 Å². The molecule has 3 rings (SSSR count). The van der Waals surface area contributed by atoms with Crippen LogP contribution in [0.3, 0.4) is 0 Å². The highest BCUT2D eigenvalue weighted by Gasteiger charge is 2.24. The molecular weight excluding hydrogens is 307 g/mol. The second-order valence-electron chi connectivity index (χ2n) is 6.84. The Balaban J connectivity index is 1.43. The second-order valence-corrected chi connectivity index (χ2v) is 6.84. The standard InChI is InChI=1S/C19H27FN2O2/c20-18-7-2-1-6-17(18)9-8-16-5-3-11-21(15-16)19(23)10-13-22-12-4-14-24-22/h1-2,6-7,16H,3-5,8-15H2/t16-/m0/s1. The first kappa shape index (κ1) is 17.4. The molecule has 2 saturated heterocycles. The molecule has 0 bridgehead atoms. The third kappa shape index (κ3) is 4.77. The average molecular weight is 334 g/mol. The average Bonchev–Trinajstić information content (AvgIpc) is 3.13. The Labute approximate surface area is 143 Å². The number of carbonyl (C=O) groups excluding carboxylic acids is 1. The number of piperidine rings is 1. The van der Waals surface area contributed by atoms with Crippen LogP contribution in [0.25, 0.3) is 0 Å². The molecule has 5 heteroatoms. The lowest BCUT2D eigenvalue weighted by molar-refractivity contribution is -0.140. The van der Waals surface area contributed by atoms with E-state index in [9.17, 15) is 9.18 Å². The Morgan fingerprint density at radius 3 is 2.92 bits per heavy atom. The number of halogens is 1. The van der Waals surface area contributed by atoms with Crippen molar-refractivity contribution in [3.63, 3.8) is 0 Å². The molecule has 2 aliphatic rings. The van der Waals surface area contributed by atoms with Crippen molar-refractivity contribution in [3.05, 3.63) is 35.6 Å². The molecule has 0 saturated carbocycles. The monoisotopic (exact) mass is 334 g/mol.